The van der Waals surface area contributed by atoms with Gasteiger partial charge in [0.2, 0.25) is 0 Å². The number of anilines is 2. The van der Waals surface area contributed by atoms with Gasteiger partial charge in [0.05, 0.1) is 11.9 Å². The van der Waals surface area contributed by atoms with Crippen molar-refractivity contribution < 1.29 is 17.9 Å². The monoisotopic (exact) mass is 218 g/mol. The second-order valence-corrected chi connectivity index (χ2v) is 2.46. The Morgan fingerprint density at radius 2 is 2.00 bits per heavy atom. The lowest BCUT2D eigenvalue weighted by molar-refractivity contribution is -0.274. The standard InChI is InChI=1S/C7H5F3N4O/c8-7(9,10)15-5-3(1-11)4(12)2-14-6(5)13/h2H,12H2,(H2,13,14). The van der Waals surface area contributed by atoms with Crippen LogP contribution in [-0.2, 0) is 0 Å². The summed E-state index contributed by atoms with van der Waals surface area (Å²) in [4.78, 5) is 3.35. The number of halogens is 3. The van der Waals surface area contributed by atoms with Gasteiger partial charge in [0, 0.05) is 0 Å². The lowest BCUT2D eigenvalue weighted by atomic mass is 10.2. The molecule has 8 heteroatoms. The van der Waals surface area contributed by atoms with Gasteiger partial charge in [0.15, 0.2) is 11.6 Å². The van der Waals surface area contributed by atoms with Crippen molar-refractivity contribution in [2.75, 3.05) is 11.5 Å². The summed E-state index contributed by atoms with van der Waals surface area (Å²) in [5.74, 6) is -1.41. The highest BCUT2D eigenvalue weighted by atomic mass is 19.4. The van der Waals surface area contributed by atoms with Crippen LogP contribution in [0.15, 0.2) is 6.20 Å². The van der Waals surface area contributed by atoms with Crippen LogP contribution >= 0.6 is 0 Å². The average Bonchev–Trinajstić information content (AvgIpc) is 2.10. The van der Waals surface area contributed by atoms with Crippen molar-refractivity contribution in [2.24, 2.45) is 0 Å². The quantitative estimate of drug-likeness (QED) is 0.733. The molecule has 0 saturated heterocycles. The number of alkyl halides is 3. The van der Waals surface area contributed by atoms with Crippen LogP contribution < -0.4 is 16.2 Å². The second-order valence-electron chi connectivity index (χ2n) is 2.46. The molecule has 0 aliphatic carbocycles. The van der Waals surface area contributed by atoms with E-state index in [1.54, 1.807) is 0 Å². The molecule has 5 nitrogen and oxygen atoms in total. The van der Waals surface area contributed by atoms with E-state index in [1.807, 2.05) is 0 Å². The summed E-state index contributed by atoms with van der Waals surface area (Å²) in [5, 5.41) is 8.56. The highest BCUT2D eigenvalue weighted by Gasteiger charge is 2.34. The summed E-state index contributed by atoms with van der Waals surface area (Å²) in [7, 11) is 0. The van der Waals surface area contributed by atoms with Crippen LogP contribution in [0.4, 0.5) is 24.7 Å². The summed E-state index contributed by atoms with van der Waals surface area (Å²) < 4.78 is 39.3. The molecule has 1 rings (SSSR count). The van der Waals surface area contributed by atoms with Crippen molar-refractivity contribution in [2.45, 2.75) is 6.36 Å². The van der Waals surface area contributed by atoms with Gasteiger partial charge < -0.3 is 16.2 Å². The molecule has 0 bridgehead atoms. The minimum absolute atomic E-state index is 0.231. The first-order valence-electron chi connectivity index (χ1n) is 3.55. The van der Waals surface area contributed by atoms with E-state index in [9.17, 15) is 13.2 Å². The first kappa shape index (κ1) is 10.9. The Hall–Kier alpha value is -2.17. The maximum Gasteiger partial charge on any atom is 0.573 e. The summed E-state index contributed by atoms with van der Waals surface area (Å²) in [5.41, 5.74) is 9.65. The van der Waals surface area contributed by atoms with Gasteiger partial charge in [0.25, 0.3) is 0 Å². The second kappa shape index (κ2) is 3.53. The van der Waals surface area contributed by atoms with Crippen LogP contribution in [0.25, 0.3) is 0 Å². The lowest BCUT2D eigenvalue weighted by Gasteiger charge is -2.12. The molecule has 15 heavy (non-hydrogen) atoms. The van der Waals surface area contributed by atoms with Crippen LogP contribution in [0, 0.1) is 11.3 Å². The number of ether oxygens (including phenoxy) is 1. The van der Waals surface area contributed by atoms with Crippen LogP contribution in [0.3, 0.4) is 0 Å². The smallest absolute Gasteiger partial charge is 0.400 e. The average molecular weight is 218 g/mol. The van der Waals surface area contributed by atoms with E-state index in [-0.39, 0.29) is 5.69 Å². The molecule has 0 unspecified atom stereocenters. The minimum atomic E-state index is -4.95. The first-order valence-corrected chi connectivity index (χ1v) is 3.55. The SMILES string of the molecule is N#Cc1c(N)cnc(N)c1OC(F)(F)F. The zero-order chi connectivity index (χ0) is 11.6. The number of nitrogens with two attached hydrogens (primary N) is 2. The molecule has 1 aromatic heterocycles. The zero-order valence-corrected chi connectivity index (χ0v) is 7.17. The molecule has 0 amide bonds. The minimum Gasteiger partial charge on any atom is -0.400 e. The highest BCUT2D eigenvalue weighted by molar-refractivity contribution is 5.66. The number of nitrogen functional groups attached to an aromatic ring is 2. The number of hydrogen-bond acceptors (Lipinski definition) is 5. The Balaban J connectivity index is 3.28. The molecular weight excluding hydrogens is 213 g/mol. The molecule has 0 aliphatic rings. The lowest BCUT2D eigenvalue weighted by Crippen LogP contribution is -2.19. The Kier molecular flexibility index (Phi) is 2.57. The highest BCUT2D eigenvalue weighted by Crippen LogP contribution is 2.32. The fraction of sp³-hybridized carbons (Fsp3) is 0.143. The maximum atomic E-state index is 11.9. The number of rotatable bonds is 1. The molecule has 0 fully saturated rings. The van der Waals surface area contributed by atoms with Crippen LogP contribution in [0.1, 0.15) is 5.56 Å². The molecular formula is C7H5F3N4O. The normalized spacial score (nSPS) is 10.8. The van der Waals surface area contributed by atoms with E-state index in [1.165, 1.54) is 6.07 Å². The van der Waals surface area contributed by atoms with Gasteiger partial charge in [-0.2, -0.15) is 5.26 Å². The molecule has 0 aromatic carbocycles. The molecule has 0 spiro atoms. The van der Waals surface area contributed by atoms with Crippen molar-refractivity contribution >= 4 is 11.5 Å². The molecule has 1 heterocycles. The fourth-order valence-electron chi connectivity index (χ4n) is 0.856. The number of aromatic nitrogens is 1. The van der Waals surface area contributed by atoms with Gasteiger partial charge in [-0.3, -0.25) is 0 Å². The zero-order valence-electron chi connectivity index (χ0n) is 7.17. The van der Waals surface area contributed by atoms with Crippen molar-refractivity contribution in [3.8, 4) is 11.8 Å². The summed E-state index contributed by atoms with van der Waals surface area (Å²) in [6.07, 6.45) is -3.97. The molecule has 0 atom stereocenters. The van der Waals surface area contributed by atoms with Gasteiger partial charge >= 0.3 is 6.36 Å². The largest absolute Gasteiger partial charge is 0.573 e. The molecule has 0 saturated carbocycles. The summed E-state index contributed by atoms with van der Waals surface area (Å²) >= 11 is 0. The van der Waals surface area contributed by atoms with Crippen molar-refractivity contribution in [3.63, 3.8) is 0 Å². The van der Waals surface area contributed by atoms with Crippen molar-refractivity contribution in [1.29, 1.82) is 5.26 Å². The van der Waals surface area contributed by atoms with Crippen molar-refractivity contribution in [3.05, 3.63) is 11.8 Å². The van der Waals surface area contributed by atoms with Gasteiger partial charge in [-0.05, 0) is 0 Å². The molecule has 80 valence electrons. The van der Waals surface area contributed by atoms with E-state index in [2.05, 4.69) is 9.72 Å². The topological polar surface area (TPSA) is 98.0 Å². The van der Waals surface area contributed by atoms with Gasteiger partial charge in [-0.25, -0.2) is 4.98 Å². The Bertz CT molecular complexity index is 423. The van der Waals surface area contributed by atoms with Crippen LogP contribution in [-0.4, -0.2) is 11.3 Å². The van der Waals surface area contributed by atoms with Crippen molar-refractivity contribution in [1.82, 2.24) is 4.98 Å². The third kappa shape index (κ3) is 2.40. The third-order valence-electron chi connectivity index (χ3n) is 1.42. The molecule has 0 radical (unpaired) electrons. The Labute approximate surface area is 82.1 Å². The predicted molar refractivity (Wildman–Crippen MR) is 44.5 cm³/mol. The first-order chi connectivity index (χ1) is 6.85. The number of pyridine rings is 1. The number of nitrogens with zero attached hydrogens (tertiary/aromatic N) is 2. The Morgan fingerprint density at radius 3 is 2.47 bits per heavy atom. The third-order valence-corrected chi connectivity index (χ3v) is 1.42. The molecule has 4 N–H and O–H groups in total. The van der Waals surface area contributed by atoms with Gasteiger partial charge in [0.1, 0.15) is 11.6 Å². The molecule has 1 aromatic rings. The van der Waals surface area contributed by atoms with E-state index in [0.29, 0.717) is 0 Å². The van der Waals surface area contributed by atoms with E-state index >= 15 is 0 Å². The summed E-state index contributed by atoms with van der Waals surface area (Å²) in [6.45, 7) is 0. The fourth-order valence-corrected chi connectivity index (χ4v) is 0.856. The van der Waals surface area contributed by atoms with Crippen LogP contribution in [0.2, 0.25) is 0 Å². The Morgan fingerprint density at radius 1 is 1.40 bits per heavy atom. The maximum absolute atomic E-state index is 11.9. The van der Waals surface area contributed by atoms with Crippen LogP contribution in [0.5, 0.6) is 5.75 Å². The van der Waals surface area contributed by atoms with Gasteiger partial charge in [-0.1, -0.05) is 0 Å². The number of hydrogen-bond donors (Lipinski definition) is 2. The summed E-state index contributed by atoms with van der Waals surface area (Å²) in [6, 6.07) is 1.46. The van der Waals surface area contributed by atoms with E-state index < -0.39 is 23.5 Å². The van der Waals surface area contributed by atoms with E-state index in [0.717, 1.165) is 6.20 Å². The van der Waals surface area contributed by atoms with Gasteiger partial charge in [-0.15, -0.1) is 13.2 Å². The predicted octanol–water partition coefficient (Wildman–Crippen LogP) is 1.02. The molecule has 0 aliphatic heterocycles. The number of nitriles is 1. The van der Waals surface area contributed by atoms with E-state index in [4.69, 9.17) is 16.7 Å².